The van der Waals surface area contributed by atoms with Gasteiger partial charge in [0.1, 0.15) is 0 Å². The SMILES string of the molecule is CC1CN(C2CCSC2)C(C)(C)CN1. The fourth-order valence-electron chi connectivity index (χ4n) is 2.54. The number of nitrogens with one attached hydrogen (secondary N) is 1. The van der Waals surface area contributed by atoms with E-state index in [9.17, 15) is 0 Å². The van der Waals surface area contributed by atoms with Crippen molar-refractivity contribution in [2.75, 3.05) is 24.6 Å². The maximum atomic E-state index is 3.58. The molecule has 0 spiro atoms. The van der Waals surface area contributed by atoms with E-state index in [2.05, 4.69) is 42.7 Å². The zero-order valence-corrected chi connectivity index (χ0v) is 10.4. The minimum atomic E-state index is 0.349. The maximum Gasteiger partial charge on any atom is 0.0281 e. The third kappa shape index (κ3) is 2.10. The Hall–Kier alpha value is 0.270. The molecular formula is C11H22N2S. The number of piperazine rings is 1. The summed E-state index contributed by atoms with van der Waals surface area (Å²) in [5.74, 6) is 2.70. The Morgan fingerprint density at radius 1 is 1.43 bits per heavy atom. The lowest BCUT2D eigenvalue weighted by Crippen LogP contribution is -2.64. The predicted molar refractivity (Wildman–Crippen MR) is 64.0 cm³/mol. The second-order valence-corrected chi connectivity index (χ2v) is 6.41. The van der Waals surface area contributed by atoms with Gasteiger partial charge in [0.05, 0.1) is 0 Å². The van der Waals surface area contributed by atoms with Gasteiger partial charge in [-0.05, 0) is 32.9 Å². The number of hydrogen-bond donors (Lipinski definition) is 1. The van der Waals surface area contributed by atoms with Gasteiger partial charge in [-0.25, -0.2) is 0 Å². The first kappa shape index (κ1) is 10.8. The summed E-state index contributed by atoms with van der Waals surface area (Å²) in [6.45, 7) is 9.39. The fourth-order valence-corrected chi connectivity index (χ4v) is 3.77. The Bertz CT molecular complexity index is 199. The van der Waals surface area contributed by atoms with Crippen LogP contribution in [0.3, 0.4) is 0 Å². The van der Waals surface area contributed by atoms with E-state index in [0.29, 0.717) is 11.6 Å². The molecule has 2 aliphatic rings. The summed E-state index contributed by atoms with van der Waals surface area (Å²) in [6.07, 6.45) is 1.39. The van der Waals surface area contributed by atoms with E-state index in [-0.39, 0.29) is 0 Å². The molecule has 3 heteroatoms. The summed E-state index contributed by atoms with van der Waals surface area (Å²) in [7, 11) is 0. The van der Waals surface area contributed by atoms with Crippen LogP contribution in [0.5, 0.6) is 0 Å². The maximum absolute atomic E-state index is 3.58. The van der Waals surface area contributed by atoms with Gasteiger partial charge in [0.25, 0.3) is 0 Å². The van der Waals surface area contributed by atoms with Crippen molar-refractivity contribution in [2.45, 2.75) is 44.8 Å². The van der Waals surface area contributed by atoms with E-state index < -0.39 is 0 Å². The molecule has 0 saturated carbocycles. The Balaban J connectivity index is 2.05. The predicted octanol–water partition coefficient (Wildman–Crippen LogP) is 1.56. The van der Waals surface area contributed by atoms with Crippen LogP contribution in [0.2, 0.25) is 0 Å². The van der Waals surface area contributed by atoms with Gasteiger partial charge >= 0.3 is 0 Å². The van der Waals surface area contributed by atoms with Crippen molar-refractivity contribution in [2.24, 2.45) is 0 Å². The van der Waals surface area contributed by atoms with Crippen LogP contribution < -0.4 is 5.32 Å². The van der Waals surface area contributed by atoms with Gasteiger partial charge in [-0.3, -0.25) is 4.90 Å². The van der Waals surface area contributed by atoms with Crippen molar-refractivity contribution < 1.29 is 0 Å². The summed E-state index contributed by atoms with van der Waals surface area (Å²) in [4.78, 5) is 2.73. The number of thioether (sulfide) groups is 1. The first-order valence-corrected chi connectivity index (χ1v) is 6.83. The molecular weight excluding hydrogens is 192 g/mol. The smallest absolute Gasteiger partial charge is 0.0281 e. The lowest BCUT2D eigenvalue weighted by molar-refractivity contribution is 0.0375. The minimum absolute atomic E-state index is 0.349. The van der Waals surface area contributed by atoms with Crippen molar-refractivity contribution in [3.63, 3.8) is 0 Å². The minimum Gasteiger partial charge on any atom is -0.311 e. The molecule has 14 heavy (non-hydrogen) atoms. The molecule has 0 amide bonds. The molecule has 0 aromatic heterocycles. The quantitative estimate of drug-likeness (QED) is 0.713. The van der Waals surface area contributed by atoms with Gasteiger partial charge in [0.15, 0.2) is 0 Å². The molecule has 0 aromatic rings. The van der Waals surface area contributed by atoms with Gasteiger partial charge in [-0.1, -0.05) is 0 Å². The second-order valence-electron chi connectivity index (χ2n) is 5.26. The summed E-state index contributed by atoms with van der Waals surface area (Å²) in [6, 6.07) is 1.49. The molecule has 2 aliphatic heterocycles. The first-order valence-electron chi connectivity index (χ1n) is 5.67. The lowest BCUT2D eigenvalue weighted by atomic mass is 9.95. The van der Waals surface area contributed by atoms with Crippen molar-refractivity contribution in [3.8, 4) is 0 Å². The highest BCUT2D eigenvalue weighted by atomic mass is 32.2. The highest BCUT2D eigenvalue weighted by molar-refractivity contribution is 7.99. The average Bonchev–Trinajstić information content (AvgIpc) is 2.62. The van der Waals surface area contributed by atoms with Gasteiger partial charge in [-0.15, -0.1) is 0 Å². The monoisotopic (exact) mass is 214 g/mol. The molecule has 0 radical (unpaired) electrons. The zero-order valence-electron chi connectivity index (χ0n) is 9.55. The highest BCUT2D eigenvalue weighted by Crippen LogP contribution is 2.29. The van der Waals surface area contributed by atoms with Crippen LogP contribution in [-0.2, 0) is 0 Å². The normalized spacial score (nSPS) is 38.8. The lowest BCUT2D eigenvalue weighted by Gasteiger charge is -2.48. The van der Waals surface area contributed by atoms with Crippen LogP contribution in [0.4, 0.5) is 0 Å². The molecule has 2 heterocycles. The third-order valence-electron chi connectivity index (χ3n) is 3.48. The van der Waals surface area contributed by atoms with Crippen LogP contribution >= 0.6 is 11.8 Å². The van der Waals surface area contributed by atoms with E-state index in [1.165, 1.54) is 24.5 Å². The van der Waals surface area contributed by atoms with Gasteiger partial charge in [0, 0.05) is 36.5 Å². The van der Waals surface area contributed by atoms with Gasteiger partial charge < -0.3 is 5.32 Å². The second kappa shape index (κ2) is 4.03. The van der Waals surface area contributed by atoms with Gasteiger partial charge in [0.2, 0.25) is 0 Å². The summed E-state index contributed by atoms with van der Waals surface area (Å²) < 4.78 is 0. The van der Waals surface area contributed by atoms with E-state index >= 15 is 0 Å². The molecule has 2 atom stereocenters. The van der Waals surface area contributed by atoms with Crippen molar-refractivity contribution in [1.29, 1.82) is 0 Å². The van der Waals surface area contributed by atoms with E-state index in [1.807, 2.05) is 0 Å². The Morgan fingerprint density at radius 2 is 2.21 bits per heavy atom. The molecule has 0 aromatic carbocycles. The van der Waals surface area contributed by atoms with Crippen LogP contribution in [0, 0.1) is 0 Å². The van der Waals surface area contributed by atoms with Crippen LogP contribution in [0.25, 0.3) is 0 Å². The molecule has 0 aliphatic carbocycles. The summed E-state index contributed by atoms with van der Waals surface area (Å²) in [5.41, 5.74) is 0.349. The summed E-state index contributed by atoms with van der Waals surface area (Å²) >= 11 is 2.12. The standard InChI is InChI=1S/C11H22N2S/c1-9-6-13(10-4-5-14-7-10)11(2,3)8-12-9/h9-10,12H,4-8H2,1-3H3. The highest BCUT2D eigenvalue weighted by Gasteiger charge is 2.37. The summed E-state index contributed by atoms with van der Waals surface area (Å²) in [5, 5.41) is 3.58. The average molecular weight is 214 g/mol. The van der Waals surface area contributed by atoms with Crippen molar-refractivity contribution in [3.05, 3.63) is 0 Å². The molecule has 2 rings (SSSR count). The van der Waals surface area contributed by atoms with Crippen LogP contribution in [0.15, 0.2) is 0 Å². The van der Waals surface area contributed by atoms with Crippen LogP contribution in [0.1, 0.15) is 27.2 Å². The molecule has 1 N–H and O–H groups in total. The largest absolute Gasteiger partial charge is 0.311 e. The van der Waals surface area contributed by atoms with Crippen molar-refractivity contribution >= 4 is 11.8 Å². The first-order chi connectivity index (χ1) is 6.59. The van der Waals surface area contributed by atoms with E-state index in [4.69, 9.17) is 0 Å². The molecule has 2 nitrogen and oxygen atoms in total. The Labute approximate surface area is 91.8 Å². The number of nitrogens with zero attached hydrogens (tertiary/aromatic N) is 1. The van der Waals surface area contributed by atoms with E-state index in [1.54, 1.807) is 0 Å². The fraction of sp³-hybridized carbons (Fsp3) is 1.00. The zero-order chi connectivity index (χ0) is 10.2. The van der Waals surface area contributed by atoms with Crippen molar-refractivity contribution in [1.82, 2.24) is 10.2 Å². The molecule has 2 saturated heterocycles. The molecule has 82 valence electrons. The Morgan fingerprint density at radius 3 is 2.86 bits per heavy atom. The number of rotatable bonds is 1. The van der Waals surface area contributed by atoms with Gasteiger partial charge in [-0.2, -0.15) is 11.8 Å². The van der Waals surface area contributed by atoms with E-state index in [0.717, 1.165) is 12.6 Å². The topological polar surface area (TPSA) is 15.3 Å². The molecule has 2 fully saturated rings. The third-order valence-corrected chi connectivity index (χ3v) is 4.62. The van der Waals surface area contributed by atoms with Crippen LogP contribution in [-0.4, -0.2) is 47.1 Å². The number of hydrogen-bond acceptors (Lipinski definition) is 3. The Kier molecular flexibility index (Phi) is 3.10. The molecule has 0 bridgehead atoms. The molecule has 2 unspecified atom stereocenters.